The number of nitrogens with zero attached hydrogens (tertiary/aromatic N) is 7. The van der Waals surface area contributed by atoms with Gasteiger partial charge in [-0.25, -0.2) is 33.5 Å². The summed E-state index contributed by atoms with van der Waals surface area (Å²) in [5.41, 5.74) is 15.9. The molecule has 5 amide bonds. The highest BCUT2D eigenvalue weighted by Gasteiger charge is 2.35. The Bertz CT molecular complexity index is 2800. The molecule has 4 aromatic heterocycles. The summed E-state index contributed by atoms with van der Waals surface area (Å²) in [5.74, 6) is -0.801. The number of benzene rings is 2. The normalized spacial score (nSPS) is 16.1. The SMILES string of the molecule is Nc1ncc(C(=O)NC2CN(C(=O)N3CCOCC3)C2)c2ccc(-c3cccc(F)c3)nc12.Nc1ncc(C(=O)NC2CNC2)c2ccc(-c3cccc(F)c3)nc12.O=C(Cl)N1CCOCC1. The first-order valence-corrected chi connectivity index (χ1v) is 21.9. The van der Waals surface area contributed by atoms with Crippen molar-refractivity contribution in [3.63, 3.8) is 0 Å². The lowest BCUT2D eigenvalue weighted by molar-refractivity contribution is 0.0326. The molecule has 8 heterocycles. The number of ether oxygens (including phenoxy) is 2. The van der Waals surface area contributed by atoms with Crippen molar-refractivity contribution in [3.05, 3.63) is 108 Å². The van der Waals surface area contributed by atoms with Crippen LogP contribution in [0.15, 0.2) is 85.2 Å². The first kappa shape index (κ1) is 46.4. The summed E-state index contributed by atoms with van der Waals surface area (Å²) in [7, 11) is 0. The molecule has 0 spiro atoms. The predicted molar refractivity (Wildman–Crippen MR) is 247 cm³/mol. The zero-order valence-electron chi connectivity index (χ0n) is 36.1. The van der Waals surface area contributed by atoms with Crippen molar-refractivity contribution < 1.29 is 37.4 Å². The summed E-state index contributed by atoms with van der Waals surface area (Å²) < 4.78 is 37.3. The maximum Gasteiger partial charge on any atom is 0.320 e. The van der Waals surface area contributed by atoms with Gasteiger partial charge in [-0.15, -0.1) is 0 Å². The summed E-state index contributed by atoms with van der Waals surface area (Å²) in [5, 5.41) is 9.79. The van der Waals surface area contributed by atoms with E-state index in [2.05, 4.69) is 35.9 Å². The Kier molecular flexibility index (Phi) is 14.6. The van der Waals surface area contributed by atoms with E-state index in [1.807, 2.05) is 0 Å². The highest BCUT2D eigenvalue weighted by atomic mass is 35.5. The lowest BCUT2D eigenvalue weighted by atomic mass is 10.1. The van der Waals surface area contributed by atoms with Crippen molar-refractivity contribution in [2.24, 2.45) is 0 Å². The smallest absolute Gasteiger partial charge is 0.320 e. The van der Waals surface area contributed by atoms with Crippen molar-refractivity contribution in [3.8, 4) is 22.5 Å². The standard InChI is InChI=1S/C23H23FN6O3.C18H16FN5O.C5H8ClNO2/c24-15-3-1-2-14(10-15)19-5-4-17-18(11-26-21(25)20(17)28-19)22(31)27-16-12-30(13-16)23(32)29-6-8-33-9-7-29;19-11-3-1-2-10(6-11)15-5-4-13-14(9-22-17(20)16(13)24-15)18(25)23-12-7-21-8-12;6-5(8)7-1-3-9-4-2-7/h1-5,10-11,16H,6-9,12-13H2,(H2,25,26)(H,27,31);1-6,9,12,21H,7-8H2,(H2,20,22)(H,23,25);1-4H2. The van der Waals surface area contributed by atoms with Gasteiger partial charge in [0.1, 0.15) is 34.3 Å². The molecule has 21 heteroatoms. The number of halogens is 3. The third-order valence-electron chi connectivity index (χ3n) is 11.4. The van der Waals surface area contributed by atoms with Crippen LogP contribution in [0.4, 0.5) is 30.0 Å². The predicted octanol–water partition coefficient (Wildman–Crippen LogP) is 4.28. The molecule has 4 saturated heterocycles. The van der Waals surface area contributed by atoms with Gasteiger partial charge in [0, 0.05) is 86.7 Å². The van der Waals surface area contributed by atoms with E-state index in [4.69, 9.17) is 32.5 Å². The molecule has 0 radical (unpaired) electrons. The number of likely N-dealkylation sites (tertiary alicyclic amines) is 1. The van der Waals surface area contributed by atoms with Crippen LogP contribution >= 0.6 is 11.6 Å². The van der Waals surface area contributed by atoms with E-state index in [0.29, 0.717) is 121 Å². The van der Waals surface area contributed by atoms with Crippen LogP contribution in [-0.4, -0.2) is 149 Å². The highest BCUT2D eigenvalue weighted by molar-refractivity contribution is 6.62. The van der Waals surface area contributed by atoms with Gasteiger partial charge >= 0.3 is 11.4 Å². The van der Waals surface area contributed by atoms with Crippen molar-refractivity contribution in [2.75, 3.05) is 90.3 Å². The maximum atomic E-state index is 13.6. The second-order valence-corrected chi connectivity index (χ2v) is 16.3. The van der Waals surface area contributed by atoms with Crippen LogP contribution in [0.2, 0.25) is 0 Å². The third kappa shape index (κ3) is 11.1. The van der Waals surface area contributed by atoms with Gasteiger partial charge in [0.25, 0.3) is 11.8 Å². The van der Waals surface area contributed by atoms with Crippen molar-refractivity contribution >= 4 is 68.3 Å². The highest BCUT2D eigenvalue weighted by Crippen LogP contribution is 2.28. The van der Waals surface area contributed by atoms with Crippen LogP contribution in [0.25, 0.3) is 44.3 Å². The molecule has 7 N–H and O–H groups in total. The van der Waals surface area contributed by atoms with E-state index < -0.39 is 0 Å². The molecular weight excluding hydrogens is 890 g/mol. The molecule has 4 fully saturated rings. The number of morpholine rings is 2. The summed E-state index contributed by atoms with van der Waals surface area (Å²) in [4.78, 5) is 70.6. The fraction of sp³-hybridized carbons (Fsp3) is 0.304. The number of aromatic nitrogens is 4. The van der Waals surface area contributed by atoms with Crippen LogP contribution in [0.3, 0.4) is 0 Å². The molecular formula is C46H47ClF2N12O6. The topological polar surface area (TPSA) is 236 Å². The number of anilines is 2. The molecule has 0 bridgehead atoms. The fourth-order valence-corrected chi connectivity index (χ4v) is 7.76. The Hall–Kier alpha value is -7.13. The Morgan fingerprint density at radius 1 is 0.642 bits per heavy atom. The molecule has 0 atom stereocenters. The van der Waals surface area contributed by atoms with Crippen molar-refractivity contribution in [2.45, 2.75) is 12.1 Å². The molecule has 0 aliphatic carbocycles. The van der Waals surface area contributed by atoms with Gasteiger partial charge in [0.15, 0.2) is 0 Å². The summed E-state index contributed by atoms with van der Waals surface area (Å²) >= 11 is 5.19. The molecule has 4 aliphatic rings. The van der Waals surface area contributed by atoms with Crippen molar-refractivity contribution in [1.29, 1.82) is 0 Å². The van der Waals surface area contributed by atoms with Crippen molar-refractivity contribution in [1.82, 2.24) is 50.6 Å². The number of urea groups is 1. The third-order valence-corrected chi connectivity index (χ3v) is 11.6. The average Bonchev–Trinajstić information content (AvgIpc) is 3.32. The number of amides is 5. The van der Waals surface area contributed by atoms with Gasteiger partial charge in [-0.2, -0.15) is 0 Å². The van der Waals surface area contributed by atoms with E-state index >= 15 is 0 Å². The number of nitrogens with two attached hydrogens (primary N) is 2. The second kappa shape index (κ2) is 21.0. The number of carbonyl (C=O) groups excluding carboxylic acids is 4. The Morgan fingerprint density at radius 2 is 1.10 bits per heavy atom. The zero-order valence-corrected chi connectivity index (χ0v) is 36.8. The van der Waals surface area contributed by atoms with E-state index in [0.717, 1.165) is 13.1 Å². The summed E-state index contributed by atoms with van der Waals surface area (Å²) in [6.07, 6.45) is 2.88. The quantitative estimate of drug-likeness (QED) is 0.116. The Balaban J connectivity index is 0.000000157. The second-order valence-electron chi connectivity index (χ2n) is 16.0. The van der Waals surface area contributed by atoms with E-state index in [1.54, 1.807) is 63.2 Å². The van der Waals surface area contributed by atoms with E-state index in [9.17, 15) is 28.0 Å². The molecule has 18 nitrogen and oxygen atoms in total. The number of pyridine rings is 4. The number of carbonyl (C=O) groups is 4. The van der Waals surface area contributed by atoms with Crippen LogP contribution in [0, 0.1) is 11.6 Å². The van der Waals surface area contributed by atoms with Gasteiger partial charge in [-0.3, -0.25) is 14.4 Å². The first-order chi connectivity index (χ1) is 32.4. The molecule has 67 heavy (non-hydrogen) atoms. The first-order valence-electron chi connectivity index (χ1n) is 21.5. The Labute approximate surface area is 388 Å². The lowest BCUT2D eigenvalue weighted by Gasteiger charge is -2.42. The van der Waals surface area contributed by atoms with Crippen LogP contribution in [-0.2, 0) is 9.47 Å². The molecule has 6 aromatic rings. The molecule has 0 saturated carbocycles. The maximum absolute atomic E-state index is 13.6. The summed E-state index contributed by atoms with van der Waals surface area (Å²) in [6, 6.07) is 19.2. The number of nitrogen functional groups attached to an aromatic ring is 2. The fourth-order valence-electron chi connectivity index (χ4n) is 7.59. The van der Waals surface area contributed by atoms with E-state index in [1.165, 1.54) is 36.7 Å². The minimum Gasteiger partial charge on any atom is -0.382 e. The number of hydrogen-bond acceptors (Lipinski definition) is 13. The van der Waals surface area contributed by atoms with Crippen LogP contribution < -0.4 is 27.4 Å². The van der Waals surface area contributed by atoms with E-state index in [-0.39, 0.29) is 58.6 Å². The number of hydrogen-bond donors (Lipinski definition) is 5. The number of nitrogens with one attached hydrogen (secondary N) is 3. The molecule has 2 aromatic carbocycles. The largest absolute Gasteiger partial charge is 0.382 e. The van der Waals surface area contributed by atoms with Crippen LogP contribution in [0.1, 0.15) is 20.7 Å². The summed E-state index contributed by atoms with van der Waals surface area (Å²) in [6.45, 7) is 7.15. The lowest BCUT2D eigenvalue weighted by Crippen LogP contribution is -2.64. The number of rotatable bonds is 6. The molecule has 10 rings (SSSR count). The van der Waals surface area contributed by atoms with Gasteiger partial charge in [-0.1, -0.05) is 24.3 Å². The van der Waals surface area contributed by atoms with Gasteiger partial charge in [-0.05, 0) is 60.1 Å². The average molecular weight is 937 g/mol. The molecule has 0 unspecified atom stereocenters. The van der Waals surface area contributed by atoms with Gasteiger partial charge in [0.2, 0.25) is 0 Å². The Morgan fingerprint density at radius 3 is 1.52 bits per heavy atom. The minimum absolute atomic E-state index is 0.0301. The number of fused-ring (bicyclic) bond motifs is 2. The molecule has 348 valence electrons. The monoisotopic (exact) mass is 936 g/mol. The molecule has 4 aliphatic heterocycles. The zero-order chi connectivity index (χ0) is 47.0. The van der Waals surface area contributed by atoms with Gasteiger partial charge in [0.05, 0.1) is 61.0 Å². The van der Waals surface area contributed by atoms with Crippen LogP contribution in [0.5, 0.6) is 0 Å². The van der Waals surface area contributed by atoms with Gasteiger partial charge < -0.3 is 51.6 Å². The minimum atomic E-state index is -0.377.